The van der Waals surface area contributed by atoms with Gasteiger partial charge in [-0.1, -0.05) is 30.3 Å². The topological polar surface area (TPSA) is 54.5 Å². The van der Waals surface area contributed by atoms with Gasteiger partial charge in [0, 0.05) is 19.5 Å². The van der Waals surface area contributed by atoms with Gasteiger partial charge in [-0.05, 0) is 31.2 Å². The van der Waals surface area contributed by atoms with Gasteiger partial charge in [-0.2, -0.15) is 0 Å². The highest BCUT2D eigenvalue weighted by Crippen LogP contribution is 2.23. The Balaban J connectivity index is 1.89. The molecule has 0 saturated carbocycles. The van der Waals surface area contributed by atoms with E-state index >= 15 is 0 Å². The molecule has 0 radical (unpaired) electrons. The molecule has 0 bridgehead atoms. The molecule has 1 saturated heterocycles. The molecule has 1 fully saturated rings. The highest BCUT2D eigenvalue weighted by molar-refractivity contribution is 7.91. The highest BCUT2D eigenvalue weighted by atomic mass is 32.2. The van der Waals surface area contributed by atoms with Gasteiger partial charge >= 0.3 is 0 Å². The van der Waals surface area contributed by atoms with Gasteiger partial charge in [0.2, 0.25) is 5.91 Å². The van der Waals surface area contributed by atoms with Crippen molar-refractivity contribution in [3.63, 3.8) is 0 Å². The normalized spacial score (nSPS) is 18.3. The van der Waals surface area contributed by atoms with Crippen molar-refractivity contribution in [2.75, 3.05) is 18.1 Å². The van der Waals surface area contributed by atoms with Crippen LogP contribution < -0.4 is 0 Å². The van der Waals surface area contributed by atoms with Gasteiger partial charge in [0.05, 0.1) is 11.5 Å². The number of carbonyl (C=O) groups is 1. The largest absolute Gasteiger partial charge is 0.339 e. The SMILES string of the molecule is CCN(Cc1ccccc1)C(=O)CC1CCS(=O)(=O)CC1. The van der Waals surface area contributed by atoms with Gasteiger partial charge in [0.1, 0.15) is 9.84 Å². The molecule has 116 valence electrons. The first-order valence-corrected chi connectivity index (χ1v) is 9.34. The number of carbonyl (C=O) groups excluding carboxylic acids is 1. The van der Waals surface area contributed by atoms with Crippen molar-refractivity contribution in [3.8, 4) is 0 Å². The van der Waals surface area contributed by atoms with Crippen LogP contribution in [0.1, 0.15) is 31.7 Å². The fourth-order valence-corrected chi connectivity index (χ4v) is 4.29. The lowest BCUT2D eigenvalue weighted by Crippen LogP contribution is -2.33. The van der Waals surface area contributed by atoms with Crippen LogP contribution in [-0.4, -0.2) is 37.3 Å². The Labute approximate surface area is 127 Å². The Hall–Kier alpha value is -1.36. The Morgan fingerprint density at radius 3 is 2.38 bits per heavy atom. The minimum absolute atomic E-state index is 0.130. The number of benzene rings is 1. The second-order valence-corrected chi connectivity index (χ2v) is 8.00. The molecule has 21 heavy (non-hydrogen) atoms. The lowest BCUT2D eigenvalue weighted by molar-refractivity contribution is -0.132. The molecule has 1 aliphatic heterocycles. The van der Waals surface area contributed by atoms with E-state index < -0.39 is 9.84 Å². The summed E-state index contributed by atoms with van der Waals surface area (Å²) < 4.78 is 22.8. The van der Waals surface area contributed by atoms with Crippen molar-refractivity contribution < 1.29 is 13.2 Å². The molecule has 4 nitrogen and oxygen atoms in total. The van der Waals surface area contributed by atoms with E-state index in [2.05, 4.69) is 0 Å². The van der Waals surface area contributed by atoms with E-state index in [1.807, 2.05) is 42.2 Å². The van der Waals surface area contributed by atoms with E-state index in [-0.39, 0.29) is 23.3 Å². The predicted molar refractivity (Wildman–Crippen MR) is 83.5 cm³/mol. The third-order valence-corrected chi connectivity index (χ3v) is 5.80. The van der Waals surface area contributed by atoms with Crippen molar-refractivity contribution >= 4 is 15.7 Å². The highest BCUT2D eigenvalue weighted by Gasteiger charge is 2.26. The molecule has 1 aliphatic rings. The minimum atomic E-state index is -2.85. The lowest BCUT2D eigenvalue weighted by Gasteiger charge is -2.26. The van der Waals surface area contributed by atoms with Crippen LogP contribution in [0.15, 0.2) is 30.3 Å². The molecule has 5 heteroatoms. The van der Waals surface area contributed by atoms with E-state index in [9.17, 15) is 13.2 Å². The molecule has 0 aromatic heterocycles. The average Bonchev–Trinajstić information content (AvgIpc) is 2.48. The summed E-state index contributed by atoms with van der Waals surface area (Å²) >= 11 is 0. The molecule has 0 spiro atoms. The summed E-state index contributed by atoms with van der Waals surface area (Å²) in [7, 11) is -2.85. The molecule has 0 aliphatic carbocycles. The fraction of sp³-hybridized carbons (Fsp3) is 0.562. The number of nitrogens with zero attached hydrogens (tertiary/aromatic N) is 1. The maximum Gasteiger partial charge on any atom is 0.223 e. The average molecular weight is 309 g/mol. The number of sulfone groups is 1. The van der Waals surface area contributed by atoms with Crippen LogP contribution in [0.5, 0.6) is 0 Å². The van der Waals surface area contributed by atoms with Gasteiger partial charge in [-0.25, -0.2) is 8.42 Å². The smallest absolute Gasteiger partial charge is 0.223 e. The fourth-order valence-electron chi connectivity index (χ4n) is 2.70. The van der Waals surface area contributed by atoms with Gasteiger partial charge in [0.25, 0.3) is 0 Å². The van der Waals surface area contributed by atoms with Crippen molar-refractivity contribution in [1.82, 2.24) is 4.90 Å². The summed E-state index contributed by atoms with van der Waals surface area (Å²) in [5.74, 6) is 0.808. The van der Waals surface area contributed by atoms with Crippen LogP contribution in [0.25, 0.3) is 0 Å². The standard InChI is InChI=1S/C16H23NO3S/c1-2-17(13-15-6-4-3-5-7-15)16(18)12-14-8-10-21(19,20)11-9-14/h3-7,14H,2,8-13H2,1H3. The summed E-state index contributed by atoms with van der Waals surface area (Å²) in [6.45, 7) is 3.28. The van der Waals surface area contributed by atoms with E-state index in [0.717, 1.165) is 5.56 Å². The molecule has 0 N–H and O–H groups in total. The number of hydrogen-bond donors (Lipinski definition) is 0. The van der Waals surface area contributed by atoms with Crippen molar-refractivity contribution in [1.29, 1.82) is 0 Å². The van der Waals surface area contributed by atoms with Gasteiger partial charge < -0.3 is 4.90 Å². The van der Waals surface area contributed by atoms with Crippen LogP contribution in [0.3, 0.4) is 0 Å². The summed E-state index contributed by atoms with van der Waals surface area (Å²) in [5.41, 5.74) is 1.12. The molecule has 0 unspecified atom stereocenters. The number of amides is 1. The van der Waals surface area contributed by atoms with E-state index in [4.69, 9.17) is 0 Å². The molecular weight excluding hydrogens is 286 g/mol. The Bertz CT molecular complexity index is 554. The second kappa shape index (κ2) is 7.07. The summed E-state index contributed by atoms with van der Waals surface area (Å²) in [5, 5.41) is 0. The van der Waals surface area contributed by atoms with E-state index in [1.54, 1.807) is 0 Å². The summed E-state index contributed by atoms with van der Waals surface area (Å²) in [6.07, 6.45) is 1.71. The molecule has 2 rings (SSSR count). The van der Waals surface area contributed by atoms with Crippen LogP contribution >= 0.6 is 0 Å². The first kappa shape index (κ1) is 16.0. The van der Waals surface area contributed by atoms with Crippen LogP contribution in [-0.2, 0) is 21.2 Å². The van der Waals surface area contributed by atoms with E-state index in [1.165, 1.54) is 0 Å². The molecule has 0 atom stereocenters. The molecule has 1 aromatic rings. The molecule has 1 aromatic carbocycles. The van der Waals surface area contributed by atoms with Gasteiger partial charge in [0.15, 0.2) is 0 Å². The quantitative estimate of drug-likeness (QED) is 0.838. The Kier molecular flexibility index (Phi) is 5.39. The zero-order valence-corrected chi connectivity index (χ0v) is 13.3. The summed E-state index contributed by atoms with van der Waals surface area (Å²) in [4.78, 5) is 14.2. The van der Waals surface area contributed by atoms with Crippen molar-refractivity contribution in [2.24, 2.45) is 5.92 Å². The van der Waals surface area contributed by atoms with Crippen LogP contribution in [0.4, 0.5) is 0 Å². The third kappa shape index (κ3) is 4.84. The maximum absolute atomic E-state index is 12.4. The molecule has 1 heterocycles. The van der Waals surface area contributed by atoms with Crippen LogP contribution in [0, 0.1) is 5.92 Å². The van der Waals surface area contributed by atoms with E-state index in [0.29, 0.717) is 32.4 Å². The monoisotopic (exact) mass is 309 g/mol. The summed E-state index contributed by atoms with van der Waals surface area (Å²) in [6, 6.07) is 9.94. The van der Waals surface area contributed by atoms with Crippen LogP contribution in [0.2, 0.25) is 0 Å². The predicted octanol–water partition coefficient (Wildman–Crippen LogP) is 2.25. The van der Waals surface area contributed by atoms with Crippen molar-refractivity contribution in [3.05, 3.63) is 35.9 Å². The molecule has 1 amide bonds. The van der Waals surface area contributed by atoms with Gasteiger partial charge in [-0.15, -0.1) is 0 Å². The van der Waals surface area contributed by atoms with Gasteiger partial charge in [-0.3, -0.25) is 4.79 Å². The zero-order valence-electron chi connectivity index (χ0n) is 12.5. The maximum atomic E-state index is 12.4. The number of hydrogen-bond acceptors (Lipinski definition) is 3. The number of rotatable bonds is 5. The first-order chi connectivity index (χ1) is 10.00. The second-order valence-electron chi connectivity index (χ2n) is 5.69. The first-order valence-electron chi connectivity index (χ1n) is 7.52. The third-order valence-electron chi connectivity index (χ3n) is 4.09. The lowest BCUT2D eigenvalue weighted by atomic mass is 9.98. The Morgan fingerprint density at radius 1 is 1.19 bits per heavy atom. The molecular formula is C16H23NO3S. The minimum Gasteiger partial charge on any atom is -0.339 e. The van der Waals surface area contributed by atoms with Crippen molar-refractivity contribution in [2.45, 2.75) is 32.7 Å². The Morgan fingerprint density at radius 2 is 1.81 bits per heavy atom. The zero-order chi connectivity index (χ0) is 15.3.